The molecule has 1 aliphatic heterocycles. The largest absolute Gasteiger partial charge is 0.494 e. The molecule has 1 aromatic heterocycles. The summed E-state index contributed by atoms with van der Waals surface area (Å²) >= 11 is 0. The Bertz CT molecular complexity index is 540. The van der Waals surface area contributed by atoms with Gasteiger partial charge in [-0.25, -0.2) is 4.79 Å². The molecule has 1 aliphatic rings. The lowest BCUT2D eigenvalue weighted by atomic mass is 10.2. The molecule has 100 valence electrons. The van der Waals surface area contributed by atoms with Crippen LogP contribution in [0.1, 0.15) is 31.4 Å². The summed E-state index contributed by atoms with van der Waals surface area (Å²) in [7, 11) is 0. The van der Waals surface area contributed by atoms with Gasteiger partial charge in [-0.15, -0.1) is 0 Å². The van der Waals surface area contributed by atoms with Crippen LogP contribution in [0.25, 0.3) is 0 Å². The fourth-order valence-electron chi connectivity index (χ4n) is 2.46. The first-order chi connectivity index (χ1) is 8.50. The third kappa shape index (κ3) is 2.33. The molecular weight excluding hydrogens is 234 g/mol. The van der Waals surface area contributed by atoms with E-state index in [-0.39, 0.29) is 17.5 Å². The van der Waals surface area contributed by atoms with Gasteiger partial charge in [0.15, 0.2) is 0 Å². The minimum Gasteiger partial charge on any atom is -0.494 e. The average Bonchev–Trinajstić information content (AvgIpc) is 2.78. The van der Waals surface area contributed by atoms with Crippen molar-refractivity contribution in [3.63, 3.8) is 0 Å². The average molecular weight is 253 g/mol. The molecule has 18 heavy (non-hydrogen) atoms. The Morgan fingerprint density at radius 2 is 1.94 bits per heavy atom. The van der Waals surface area contributed by atoms with E-state index < -0.39 is 11.2 Å². The maximum absolute atomic E-state index is 11.8. The van der Waals surface area contributed by atoms with E-state index in [1.165, 1.54) is 24.3 Å². The second kappa shape index (κ2) is 4.97. The molecule has 6 heteroatoms. The van der Waals surface area contributed by atoms with Gasteiger partial charge < -0.3 is 10.0 Å². The number of nitrogens with one attached hydrogen (secondary N) is 1. The first kappa shape index (κ1) is 12.9. The van der Waals surface area contributed by atoms with E-state index in [2.05, 4.69) is 9.88 Å². The Balaban J connectivity index is 2.29. The highest BCUT2D eigenvalue weighted by Crippen LogP contribution is 2.17. The number of likely N-dealkylation sites (tertiary alicyclic amines) is 1. The molecule has 1 fully saturated rings. The first-order valence-electron chi connectivity index (χ1n) is 6.27. The predicted molar refractivity (Wildman–Crippen MR) is 68.1 cm³/mol. The van der Waals surface area contributed by atoms with Gasteiger partial charge in [0.05, 0.1) is 11.6 Å². The fourth-order valence-corrected chi connectivity index (χ4v) is 2.46. The summed E-state index contributed by atoms with van der Waals surface area (Å²) in [4.78, 5) is 27.6. The van der Waals surface area contributed by atoms with Crippen LogP contribution in [0.3, 0.4) is 0 Å². The molecule has 6 nitrogen and oxygen atoms in total. The second-order valence-electron chi connectivity index (χ2n) is 4.93. The van der Waals surface area contributed by atoms with Crippen LogP contribution in [0.4, 0.5) is 0 Å². The highest BCUT2D eigenvalue weighted by Gasteiger charge is 2.20. The van der Waals surface area contributed by atoms with Gasteiger partial charge in [-0.05, 0) is 39.8 Å². The number of H-pyrrole nitrogens is 1. The van der Waals surface area contributed by atoms with E-state index in [0.717, 1.165) is 13.1 Å². The molecule has 1 saturated heterocycles. The van der Waals surface area contributed by atoms with Crippen molar-refractivity contribution in [3.05, 3.63) is 26.4 Å². The molecule has 0 saturated carbocycles. The second-order valence-corrected chi connectivity index (χ2v) is 4.93. The number of nitrogens with zero attached hydrogens (tertiary/aromatic N) is 2. The standard InChI is InChI=1S/C12H19N3O3/c1-8(7-14-5-3-4-6-14)15-11(17)9(2)10(16)13-12(15)18/h8,17H,3-7H2,1-2H3,(H,13,16,18). The Kier molecular flexibility index (Phi) is 3.56. The third-order valence-corrected chi connectivity index (χ3v) is 3.51. The molecule has 1 unspecified atom stereocenters. The molecule has 0 amide bonds. The fraction of sp³-hybridized carbons (Fsp3) is 0.667. The summed E-state index contributed by atoms with van der Waals surface area (Å²) in [5, 5.41) is 9.93. The predicted octanol–water partition coefficient (Wildman–Crippen LogP) is 0.207. The Morgan fingerprint density at radius 3 is 2.56 bits per heavy atom. The van der Waals surface area contributed by atoms with Gasteiger partial charge in [-0.1, -0.05) is 0 Å². The molecule has 0 aliphatic carbocycles. The number of aromatic amines is 1. The van der Waals surface area contributed by atoms with Gasteiger partial charge in [0.1, 0.15) is 0 Å². The number of hydrogen-bond acceptors (Lipinski definition) is 4. The van der Waals surface area contributed by atoms with Gasteiger partial charge in [-0.3, -0.25) is 14.3 Å². The zero-order chi connectivity index (χ0) is 13.3. The molecule has 2 heterocycles. The molecule has 1 aromatic rings. The SMILES string of the molecule is Cc1c(O)n(C(C)CN2CCCC2)c(=O)[nH]c1=O. The van der Waals surface area contributed by atoms with Crippen molar-refractivity contribution in [3.8, 4) is 5.88 Å². The minimum atomic E-state index is -0.546. The molecule has 1 atom stereocenters. The van der Waals surface area contributed by atoms with Gasteiger partial charge in [-0.2, -0.15) is 0 Å². The van der Waals surface area contributed by atoms with Crippen LogP contribution < -0.4 is 11.2 Å². The van der Waals surface area contributed by atoms with E-state index in [9.17, 15) is 14.7 Å². The van der Waals surface area contributed by atoms with Crippen molar-refractivity contribution < 1.29 is 5.11 Å². The number of aromatic nitrogens is 2. The van der Waals surface area contributed by atoms with E-state index in [4.69, 9.17) is 0 Å². The molecule has 0 spiro atoms. The van der Waals surface area contributed by atoms with Crippen molar-refractivity contribution in [2.45, 2.75) is 32.7 Å². The van der Waals surface area contributed by atoms with Gasteiger partial charge in [0, 0.05) is 6.54 Å². The van der Waals surface area contributed by atoms with Crippen LogP contribution in [0, 0.1) is 6.92 Å². The molecule has 2 rings (SSSR count). The lowest BCUT2D eigenvalue weighted by Gasteiger charge is -2.22. The molecule has 2 N–H and O–H groups in total. The van der Waals surface area contributed by atoms with Crippen LogP contribution in [0.15, 0.2) is 9.59 Å². The van der Waals surface area contributed by atoms with Crippen LogP contribution in [-0.4, -0.2) is 39.2 Å². The topological polar surface area (TPSA) is 78.3 Å². The maximum atomic E-state index is 11.8. The van der Waals surface area contributed by atoms with Crippen molar-refractivity contribution in [2.24, 2.45) is 0 Å². The van der Waals surface area contributed by atoms with Crippen molar-refractivity contribution >= 4 is 0 Å². The Hall–Kier alpha value is -1.56. The smallest absolute Gasteiger partial charge is 0.331 e. The van der Waals surface area contributed by atoms with Crippen molar-refractivity contribution in [1.82, 2.24) is 14.5 Å². The summed E-state index contributed by atoms with van der Waals surface area (Å²) in [5.41, 5.74) is -0.889. The van der Waals surface area contributed by atoms with Gasteiger partial charge in [0.2, 0.25) is 5.88 Å². The summed E-state index contributed by atoms with van der Waals surface area (Å²) in [6.45, 7) is 6.15. The van der Waals surface area contributed by atoms with Crippen molar-refractivity contribution in [1.29, 1.82) is 0 Å². The van der Waals surface area contributed by atoms with Gasteiger partial charge >= 0.3 is 5.69 Å². The monoisotopic (exact) mass is 253 g/mol. The highest BCUT2D eigenvalue weighted by atomic mass is 16.3. The molecular formula is C12H19N3O3. The molecule has 0 radical (unpaired) electrons. The molecule has 0 aromatic carbocycles. The highest BCUT2D eigenvalue weighted by molar-refractivity contribution is 5.21. The number of rotatable bonds is 3. The van der Waals surface area contributed by atoms with Crippen LogP contribution in [-0.2, 0) is 0 Å². The van der Waals surface area contributed by atoms with Crippen molar-refractivity contribution in [2.75, 3.05) is 19.6 Å². The summed E-state index contributed by atoms with van der Waals surface area (Å²) < 4.78 is 1.26. The van der Waals surface area contributed by atoms with E-state index in [1.807, 2.05) is 6.92 Å². The summed E-state index contributed by atoms with van der Waals surface area (Å²) in [6, 6.07) is -0.161. The Morgan fingerprint density at radius 1 is 1.33 bits per heavy atom. The van der Waals surface area contributed by atoms with E-state index >= 15 is 0 Å². The first-order valence-corrected chi connectivity index (χ1v) is 6.27. The van der Waals surface area contributed by atoms with Gasteiger partial charge in [0.25, 0.3) is 5.56 Å². The van der Waals surface area contributed by atoms with E-state index in [1.54, 1.807) is 0 Å². The van der Waals surface area contributed by atoms with Crippen LogP contribution in [0.5, 0.6) is 5.88 Å². The quantitative estimate of drug-likeness (QED) is 0.807. The zero-order valence-electron chi connectivity index (χ0n) is 10.8. The lowest BCUT2D eigenvalue weighted by Crippen LogP contribution is -2.37. The maximum Gasteiger partial charge on any atom is 0.331 e. The third-order valence-electron chi connectivity index (χ3n) is 3.51. The summed E-state index contributed by atoms with van der Waals surface area (Å²) in [5.74, 6) is -0.226. The summed E-state index contributed by atoms with van der Waals surface area (Å²) in [6.07, 6.45) is 2.36. The lowest BCUT2D eigenvalue weighted by molar-refractivity contribution is 0.266. The normalized spacial score (nSPS) is 18.1. The molecule has 0 bridgehead atoms. The zero-order valence-corrected chi connectivity index (χ0v) is 10.8. The minimum absolute atomic E-state index is 0.161. The number of aromatic hydroxyl groups is 1. The Labute approximate surface area is 105 Å². The number of hydrogen-bond donors (Lipinski definition) is 2. The van der Waals surface area contributed by atoms with E-state index in [0.29, 0.717) is 6.54 Å². The van der Waals surface area contributed by atoms with Crippen LogP contribution >= 0.6 is 0 Å². The van der Waals surface area contributed by atoms with Crippen LogP contribution in [0.2, 0.25) is 0 Å².